The quantitative estimate of drug-likeness (QED) is 0.872. The van der Waals surface area contributed by atoms with Crippen LogP contribution in [0.1, 0.15) is 59.7 Å². The number of hydrogen-bond acceptors (Lipinski definition) is 6. The number of nitrogens with zero attached hydrogens (tertiary/aromatic N) is 4. The van der Waals surface area contributed by atoms with Crippen molar-refractivity contribution in [3.8, 4) is 0 Å². The Kier molecular flexibility index (Phi) is 4.58. The Morgan fingerprint density at radius 2 is 2.19 bits per heavy atom. The molecule has 1 saturated carbocycles. The van der Waals surface area contributed by atoms with Gasteiger partial charge in [0, 0.05) is 35.8 Å². The lowest BCUT2D eigenvalue weighted by molar-refractivity contribution is -0.0982. The smallest absolute Gasteiger partial charge is 0.0967 e. The molecule has 4 heterocycles. The number of aliphatic hydroxyl groups excluding tert-OH is 1. The van der Waals surface area contributed by atoms with Crippen molar-refractivity contribution in [2.24, 2.45) is 0 Å². The lowest BCUT2D eigenvalue weighted by Gasteiger charge is -2.44. The van der Waals surface area contributed by atoms with Crippen molar-refractivity contribution in [1.29, 1.82) is 0 Å². The van der Waals surface area contributed by atoms with Gasteiger partial charge in [-0.3, -0.25) is 4.90 Å². The number of ether oxygens (including phenoxy) is 1. The van der Waals surface area contributed by atoms with Crippen LogP contribution in [0.15, 0.2) is 12.3 Å². The van der Waals surface area contributed by atoms with Crippen LogP contribution in [0.5, 0.6) is 0 Å². The molecule has 1 saturated heterocycles. The Bertz CT molecular complexity index is 809. The average molecular weight is 389 g/mol. The number of hydrogen-bond donors (Lipinski definition) is 1. The van der Waals surface area contributed by atoms with Gasteiger partial charge in [-0.15, -0.1) is 16.4 Å². The molecular formula is C20H28N4O2S. The lowest BCUT2D eigenvalue weighted by atomic mass is 9.82. The van der Waals surface area contributed by atoms with Gasteiger partial charge in [0.1, 0.15) is 0 Å². The highest BCUT2D eigenvalue weighted by molar-refractivity contribution is 7.12. The van der Waals surface area contributed by atoms with Gasteiger partial charge in [-0.05, 0) is 43.7 Å². The number of aromatic nitrogens is 3. The molecule has 2 aromatic rings. The van der Waals surface area contributed by atoms with E-state index in [0.29, 0.717) is 0 Å². The number of likely N-dealkylation sites (tertiary alicyclic amines) is 1. The Balaban J connectivity index is 1.24. The number of fused-ring (bicyclic) bond motifs is 2. The van der Waals surface area contributed by atoms with Crippen molar-refractivity contribution in [2.45, 2.75) is 69.7 Å². The molecule has 27 heavy (non-hydrogen) atoms. The first-order chi connectivity index (χ1) is 13.2. The number of rotatable bonds is 4. The van der Waals surface area contributed by atoms with E-state index in [0.717, 1.165) is 70.5 Å². The van der Waals surface area contributed by atoms with E-state index < -0.39 is 0 Å². The van der Waals surface area contributed by atoms with Gasteiger partial charge < -0.3 is 9.84 Å². The maximum atomic E-state index is 9.82. The van der Waals surface area contributed by atoms with Gasteiger partial charge in [0.2, 0.25) is 0 Å². The third-order valence-electron chi connectivity index (χ3n) is 6.56. The Morgan fingerprint density at radius 3 is 2.89 bits per heavy atom. The highest BCUT2D eigenvalue weighted by atomic mass is 32.1. The Hall–Kier alpha value is -1.28. The average Bonchev–Trinajstić information content (AvgIpc) is 3.30. The summed E-state index contributed by atoms with van der Waals surface area (Å²) >= 11 is 1.98. The molecule has 2 aliphatic heterocycles. The molecule has 0 aromatic carbocycles. The minimum absolute atomic E-state index is 0.0678. The maximum absolute atomic E-state index is 9.82. The molecular weight excluding hydrogens is 360 g/mol. The zero-order valence-electron chi connectivity index (χ0n) is 15.9. The standard InChI is InChI=1S/C20H28N4O2S/c1-2-15-11-16-19(27-15)5-10-26-20(16)6-8-23(9-7-20)12-14-13-24(22-21-14)17-3-4-18(17)25/h11,13,17-18,25H,2-10,12H2,1H3/t17-,18-/m0/s1. The van der Waals surface area contributed by atoms with E-state index in [4.69, 9.17) is 4.74 Å². The highest BCUT2D eigenvalue weighted by Gasteiger charge is 2.42. The van der Waals surface area contributed by atoms with Gasteiger partial charge in [0.25, 0.3) is 0 Å². The van der Waals surface area contributed by atoms with E-state index in [1.54, 1.807) is 4.88 Å². The first-order valence-corrected chi connectivity index (χ1v) is 11.1. The highest BCUT2D eigenvalue weighted by Crippen LogP contribution is 2.44. The van der Waals surface area contributed by atoms with Crippen LogP contribution in [-0.2, 0) is 29.7 Å². The summed E-state index contributed by atoms with van der Waals surface area (Å²) in [5.74, 6) is 0. The second kappa shape index (κ2) is 6.95. The number of aliphatic hydroxyl groups is 1. The number of piperidine rings is 1. The van der Waals surface area contributed by atoms with Gasteiger partial charge in [0.15, 0.2) is 0 Å². The molecule has 146 valence electrons. The molecule has 5 rings (SSSR count). The molecule has 7 heteroatoms. The molecule has 1 aliphatic carbocycles. The van der Waals surface area contributed by atoms with Crippen molar-refractivity contribution in [3.05, 3.63) is 33.3 Å². The van der Waals surface area contributed by atoms with Crippen molar-refractivity contribution in [3.63, 3.8) is 0 Å². The maximum Gasteiger partial charge on any atom is 0.0967 e. The first-order valence-electron chi connectivity index (χ1n) is 10.2. The van der Waals surface area contributed by atoms with Crippen LogP contribution in [0.25, 0.3) is 0 Å². The summed E-state index contributed by atoms with van der Waals surface area (Å²) in [6.07, 6.45) is 7.91. The normalized spacial score (nSPS) is 27.5. The Labute approximate surface area is 164 Å². The molecule has 2 aromatic heterocycles. The molecule has 3 aliphatic rings. The van der Waals surface area contributed by atoms with Crippen molar-refractivity contribution < 1.29 is 9.84 Å². The van der Waals surface area contributed by atoms with E-state index in [2.05, 4.69) is 28.2 Å². The van der Waals surface area contributed by atoms with Crippen molar-refractivity contribution in [2.75, 3.05) is 19.7 Å². The van der Waals surface area contributed by atoms with Gasteiger partial charge in [-0.2, -0.15) is 0 Å². The van der Waals surface area contributed by atoms with Gasteiger partial charge in [0.05, 0.1) is 36.2 Å². The van der Waals surface area contributed by atoms with Gasteiger partial charge in [-0.1, -0.05) is 12.1 Å². The molecule has 0 radical (unpaired) electrons. The van der Waals surface area contributed by atoms with E-state index in [1.165, 1.54) is 10.4 Å². The van der Waals surface area contributed by atoms with Gasteiger partial charge >= 0.3 is 0 Å². The zero-order chi connectivity index (χ0) is 18.4. The van der Waals surface area contributed by atoms with Crippen molar-refractivity contribution in [1.82, 2.24) is 19.9 Å². The number of aryl methyl sites for hydroxylation is 1. The third-order valence-corrected chi connectivity index (χ3v) is 7.90. The van der Waals surface area contributed by atoms with E-state index >= 15 is 0 Å². The monoisotopic (exact) mass is 388 g/mol. The zero-order valence-corrected chi connectivity index (χ0v) is 16.7. The van der Waals surface area contributed by atoms with Crippen LogP contribution in [0, 0.1) is 0 Å². The molecule has 6 nitrogen and oxygen atoms in total. The predicted molar refractivity (Wildman–Crippen MR) is 104 cm³/mol. The third kappa shape index (κ3) is 3.14. The molecule has 1 N–H and O–H groups in total. The summed E-state index contributed by atoms with van der Waals surface area (Å²) < 4.78 is 8.23. The second-order valence-electron chi connectivity index (χ2n) is 8.17. The molecule has 0 unspecified atom stereocenters. The van der Waals surface area contributed by atoms with Crippen LogP contribution in [0.2, 0.25) is 0 Å². The minimum Gasteiger partial charge on any atom is -0.391 e. The summed E-state index contributed by atoms with van der Waals surface area (Å²) in [5, 5.41) is 18.4. The van der Waals surface area contributed by atoms with E-state index in [-0.39, 0.29) is 17.7 Å². The minimum atomic E-state index is -0.259. The molecule has 1 spiro atoms. The van der Waals surface area contributed by atoms with Crippen LogP contribution in [0.4, 0.5) is 0 Å². The van der Waals surface area contributed by atoms with Gasteiger partial charge in [-0.25, -0.2) is 4.68 Å². The van der Waals surface area contributed by atoms with Crippen LogP contribution < -0.4 is 0 Å². The summed E-state index contributed by atoms with van der Waals surface area (Å²) in [6.45, 7) is 5.97. The predicted octanol–water partition coefficient (Wildman–Crippen LogP) is 2.66. The molecule has 2 atom stereocenters. The number of thiophene rings is 1. The molecule has 0 amide bonds. The fourth-order valence-electron chi connectivity index (χ4n) is 4.68. The topological polar surface area (TPSA) is 63.4 Å². The fourth-order valence-corrected chi connectivity index (χ4v) is 5.86. The lowest BCUT2D eigenvalue weighted by Crippen LogP contribution is -2.45. The first kappa shape index (κ1) is 17.8. The Morgan fingerprint density at radius 1 is 1.33 bits per heavy atom. The van der Waals surface area contributed by atoms with Crippen molar-refractivity contribution >= 4 is 11.3 Å². The summed E-state index contributed by atoms with van der Waals surface area (Å²) in [7, 11) is 0. The fraction of sp³-hybridized carbons (Fsp3) is 0.700. The molecule has 0 bridgehead atoms. The summed E-state index contributed by atoms with van der Waals surface area (Å²) in [6, 6.07) is 2.53. The molecule has 2 fully saturated rings. The van der Waals surface area contributed by atoms with Crippen LogP contribution >= 0.6 is 11.3 Å². The summed E-state index contributed by atoms with van der Waals surface area (Å²) in [4.78, 5) is 5.50. The second-order valence-corrected chi connectivity index (χ2v) is 9.40. The van der Waals surface area contributed by atoms with Crippen LogP contribution in [-0.4, -0.2) is 50.8 Å². The SMILES string of the molecule is CCc1cc2c(s1)CCOC21CCN(Cc2cn([C@H]3CC[C@@H]3O)nn2)CC1. The summed E-state index contributed by atoms with van der Waals surface area (Å²) in [5.41, 5.74) is 2.40. The largest absolute Gasteiger partial charge is 0.391 e. The van der Waals surface area contributed by atoms with E-state index in [1.807, 2.05) is 22.2 Å². The van der Waals surface area contributed by atoms with Crippen LogP contribution in [0.3, 0.4) is 0 Å². The van der Waals surface area contributed by atoms with E-state index in [9.17, 15) is 5.11 Å².